The molecule has 1 unspecified atom stereocenters. The van der Waals surface area contributed by atoms with Crippen LogP contribution in [-0.2, 0) is 4.79 Å². The lowest BCUT2D eigenvalue weighted by molar-refractivity contribution is -0.134. The van der Waals surface area contributed by atoms with Crippen LogP contribution >= 0.6 is 11.8 Å². The van der Waals surface area contributed by atoms with Crippen LogP contribution in [-0.4, -0.2) is 65.2 Å². The van der Waals surface area contributed by atoms with Gasteiger partial charge in [0.15, 0.2) is 0 Å². The molecule has 34 heavy (non-hydrogen) atoms. The standard InChI is InChI=1S/C28H32N4OS/c33-28(26-21-34-27(30-26)24-12-7-14-29-20-24)32-18-16-31(17-19-32)15-13-25(22-8-3-1-4-9-22)23-10-5-2-6-11-23/h1-12,14,20,25-27,30H,13,15-19,21H2/t26-,27?/m0/s1. The highest BCUT2D eigenvalue weighted by Crippen LogP contribution is 2.33. The van der Waals surface area contributed by atoms with Crippen LogP contribution in [0.2, 0.25) is 0 Å². The Morgan fingerprint density at radius 3 is 2.24 bits per heavy atom. The summed E-state index contributed by atoms with van der Waals surface area (Å²) in [4.78, 5) is 21.9. The minimum Gasteiger partial charge on any atom is -0.339 e. The van der Waals surface area contributed by atoms with Crippen LogP contribution < -0.4 is 5.32 Å². The van der Waals surface area contributed by atoms with E-state index in [0.29, 0.717) is 5.92 Å². The van der Waals surface area contributed by atoms with Crippen LogP contribution in [0.1, 0.15) is 34.4 Å². The van der Waals surface area contributed by atoms with Gasteiger partial charge >= 0.3 is 0 Å². The van der Waals surface area contributed by atoms with Gasteiger partial charge in [-0.1, -0.05) is 66.7 Å². The topological polar surface area (TPSA) is 48.5 Å². The average Bonchev–Trinajstić information content (AvgIpc) is 3.41. The number of benzene rings is 2. The lowest BCUT2D eigenvalue weighted by atomic mass is 9.88. The molecule has 0 aliphatic carbocycles. The fraction of sp³-hybridized carbons (Fsp3) is 0.357. The number of pyridine rings is 1. The van der Waals surface area contributed by atoms with Gasteiger partial charge in [-0.3, -0.25) is 20.0 Å². The number of hydrogen-bond acceptors (Lipinski definition) is 5. The van der Waals surface area contributed by atoms with E-state index in [1.165, 1.54) is 11.1 Å². The second-order valence-corrected chi connectivity index (χ2v) is 10.2. The SMILES string of the molecule is O=C([C@@H]1CSC(c2cccnc2)N1)N1CCN(CCC(c2ccccc2)c2ccccc2)CC1. The maximum Gasteiger partial charge on any atom is 0.240 e. The molecule has 176 valence electrons. The number of aromatic nitrogens is 1. The zero-order valence-electron chi connectivity index (χ0n) is 19.4. The van der Waals surface area contributed by atoms with E-state index < -0.39 is 0 Å². The molecular formula is C28H32N4OS. The number of carbonyl (C=O) groups is 1. The smallest absolute Gasteiger partial charge is 0.240 e. The number of amides is 1. The monoisotopic (exact) mass is 472 g/mol. The highest BCUT2D eigenvalue weighted by Gasteiger charge is 2.34. The second-order valence-electron chi connectivity index (χ2n) is 9.05. The number of carbonyl (C=O) groups excluding carboxylic acids is 1. The molecule has 0 radical (unpaired) electrons. The second kappa shape index (κ2) is 11.2. The van der Waals surface area contributed by atoms with E-state index >= 15 is 0 Å². The molecule has 2 saturated heterocycles. The van der Waals surface area contributed by atoms with Crippen molar-refractivity contribution in [3.8, 4) is 0 Å². The molecule has 2 aliphatic heterocycles. The van der Waals surface area contributed by atoms with Gasteiger partial charge < -0.3 is 4.90 Å². The fourth-order valence-corrected chi connectivity index (χ4v) is 6.17. The van der Waals surface area contributed by atoms with Crippen molar-refractivity contribution >= 4 is 17.7 Å². The number of piperazine rings is 1. The average molecular weight is 473 g/mol. The van der Waals surface area contributed by atoms with E-state index in [4.69, 9.17) is 0 Å². The molecule has 5 rings (SSSR count). The summed E-state index contributed by atoms with van der Waals surface area (Å²) in [6.07, 6.45) is 4.75. The minimum absolute atomic E-state index is 0.109. The Labute approximate surface area is 206 Å². The molecule has 1 aromatic heterocycles. The fourth-order valence-electron chi connectivity index (χ4n) is 4.96. The highest BCUT2D eigenvalue weighted by molar-refractivity contribution is 7.99. The van der Waals surface area contributed by atoms with Gasteiger partial charge in [0.1, 0.15) is 0 Å². The van der Waals surface area contributed by atoms with Gasteiger partial charge in [-0.25, -0.2) is 0 Å². The predicted octanol–water partition coefficient (Wildman–Crippen LogP) is 4.15. The Morgan fingerprint density at radius 2 is 1.62 bits per heavy atom. The number of hydrogen-bond donors (Lipinski definition) is 1. The van der Waals surface area contributed by atoms with Crippen molar-refractivity contribution in [2.45, 2.75) is 23.8 Å². The van der Waals surface area contributed by atoms with Crippen LogP contribution in [0.4, 0.5) is 0 Å². The number of nitrogens with one attached hydrogen (secondary N) is 1. The van der Waals surface area contributed by atoms with Crippen LogP contribution in [0.3, 0.4) is 0 Å². The molecule has 5 nitrogen and oxygen atoms in total. The summed E-state index contributed by atoms with van der Waals surface area (Å²) in [6, 6.07) is 25.5. The Kier molecular flexibility index (Phi) is 7.59. The molecule has 1 N–H and O–H groups in total. The molecule has 6 heteroatoms. The third kappa shape index (κ3) is 5.52. The Bertz CT molecular complexity index is 1000. The maximum absolute atomic E-state index is 13.1. The predicted molar refractivity (Wildman–Crippen MR) is 139 cm³/mol. The minimum atomic E-state index is -0.109. The normalized spacial score (nSPS) is 21.1. The first-order chi connectivity index (χ1) is 16.8. The summed E-state index contributed by atoms with van der Waals surface area (Å²) >= 11 is 1.79. The van der Waals surface area contributed by atoms with Gasteiger partial charge in [0, 0.05) is 50.2 Å². The van der Waals surface area contributed by atoms with Gasteiger partial charge in [-0.2, -0.15) is 0 Å². The van der Waals surface area contributed by atoms with Gasteiger partial charge in [-0.15, -0.1) is 11.8 Å². The Morgan fingerprint density at radius 1 is 0.941 bits per heavy atom. The van der Waals surface area contributed by atoms with E-state index in [0.717, 1.165) is 50.5 Å². The number of nitrogens with zero attached hydrogens (tertiary/aromatic N) is 3. The summed E-state index contributed by atoms with van der Waals surface area (Å²) < 4.78 is 0. The quantitative estimate of drug-likeness (QED) is 0.560. The number of thioether (sulfide) groups is 1. The van der Waals surface area contributed by atoms with E-state index in [1.807, 2.05) is 17.2 Å². The first kappa shape index (κ1) is 23.1. The van der Waals surface area contributed by atoms with Crippen molar-refractivity contribution in [3.05, 3.63) is 102 Å². The molecule has 0 spiro atoms. The third-order valence-corrected chi connectivity index (χ3v) is 8.16. The molecule has 2 fully saturated rings. The third-order valence-electron chi connectivity index (χ3n) is 6.89. The van der Waals surface area contributed by atoms with Crippen molar-refractivity contribution in [2.75, 3.05) is 38.5 Å². The van der Waals surface area contributed by atoms with E-state index in [9.17, 15) is 4.79 Å². The van der Waals surface area contributed by atoms with Crippen molar-refractivity contribution in [2.24, 2.45) is 0 Å². The maximum atomic E-state index is 13.1. The van der Waals surface area contributed by atoms with Crippen LogP contribution in [0.25, 0.3) is 0 Å². The molecule has 0 saturated carbocycles. The first-order valence-electron chi connectivity index (χ1n) is 12.2. The lowest BCUT2D eigenvalue weighted by Gasteiger charge is -2.36. The van der Waals surface area contributed by atoms with Gasteiger partial charge in [0.25, 0.3) is 0 Å². The summed E-state index contributed by atoms with van der Waals surface area (Å²) in [5.74, 6) is 1.45. The van der Waals surface area contributed by atoms with Crippen molar-refractivity contribution in [1.29, 1.82) is 0 Å². The largest absolute Gasteiger partial charge is 0.339 e. The summed E-state index contributed by atoms with van der Waals surface area (Å²) in [5.41, 5.74) is 3.88. The molecule has 2 atom stereocenters. The summed E-state index contributed by atoms with van der Waals surface area (Å²) in [7, 11) is 0. The molecule has 1 amide bonds. The van der Waals surface area contributed by atoms with Crippen molar-refractivity contribution in [3.63, 3.8) is 0 Å². The lowest BCUT2D eigenvalue weighted by Crippen LogP contribution is -2.53. The molecule has 3 heterocycles. The molecule has 3 aromatic rings. The van der Waals surface area contributed by atoms with E-state index in [-0.39, 0.29) is 17.3 Å². The van der Waals surface area contributed by atoms with Gasteiger partial charge in [0.2, 0.25) is 5.91 Å². The van der Waals surface area contributed by atoms with Crippen molar-refractivity contribution < 1.29 is 4.79 Å². The highest BCUT2D eigenvalue weighted by atomic mass is 32.2. The Hall–Kier alpha value is -2.67. The molecule has 0 bridgehead atoms. The van der Waals surface area contributed by atoms with Crippen LogP contribution in [0, 0.1) is 0 Å². The van der Waals surface area contributed by atoms with Crippen LogP contribution in [0.15, 0.2) is 85.2 Å². The first-order valence-corrected chi connectivity index (χ1v) is 13.2. The number of rotatable bonds is 7. The molecule has 2 aromatic carbocycles. The molecular weight excluding hydrogens is 440 g/mol. The summed E-state index contributed by atoms with van der Waals surface area (Å²) in [5, 5.41) is 3.66. The molecule has 2 aliphatic rings. The Balaban J connectivity index is 1.13. The zero-order valence-corrected chi connectivity index (χ0v) is 20.2. The van der Waals surface area contributed by atoms with Crippen LogP contribution in [0.5, 0.6) is 0 Å². The summed E-state index contributed by atoms with van der Waals surface area (Å²) in [6.45, 7) is 4.53. The van der Waals surface area contributed by atoms with Gasteiger partial charge in [-0.05, 0) is 35.7 Å². The van der Waals surface area contributed by atoms with Crippen molar-refractivity contribution in [1.82, 2.24) is 20.1 Å². The van der Waals surface area contributed by atoms with E-state index in [1.54, 1.807) is 18.0 Å². The van der Waals surface area contributed by atoms with E-state index in [2.05, 4.69) is 81.9 Å². The zero-order chi connectivity index (χ0) is 23.2. The van der Waals surface area contributed by atoms with Gasteiger partial charge in [0.05, 0.1) is 11.4 Å².